The van der Waals surface area contributed by atoms with Gasteiger partial charge in [-0.05, 0) is 31.4 Å². The van der Waals surface area contributed by atoms with Crippen LogP contribution >= 0.6 is 0 Å². The lowest BCUT2D eigenvalue weighted by Gasteiger charge is -2.43. The first-order valence-corrected chi connectivity index (χ1v) is 6.91. The number of hydrogen-bond acceptors (Lipinski definition) is 4. The molecule has 4 nitrogen and oxygen atoms in total. The normalized spacial score (nSPS) is 36.2. The van der Waals surface area contributed by atoms with E-state index in [0.717, 1.165) is 38.5 Å². The third-order valence-electron chi connectivity index (χ3n) is 3.76. The van der Waals surface area contributed by atoms with Crippen LogP contribution < -0.4 is 0 Å². The van der Waals surface area contributed by atoms with E-state index in [-0.39, 0.29) is 11.7 Å². The fourth-order valence-corrected chi connectivity index (χ4v) is 2.80. The van der Waals surface area contributed by atoms with Crippen LogP contribution in [0.25, 0.3) is 0 Å². The predicted octanol–water partition coefficient (Wildman–Crippen LogP) is 2.16. The van der Waals surface area contributed by atoms with Crippen LogP contribution in [0, 0.1) is 5.92 Å². The molecular formula is C14H22O4. The molecule has 4 heteroatoms. The number of carbonyl (C=O) groups excluding carboxylic acids is 1. The standard InChI is InChI=1S/C14H22O4/c1-2-3-4-6-11-7-5-10-17-14(11)12(15)8-9-13(16)18-14/h8-9,11,13,16H,2-7,10H2,1H3. The van der Waals surface area contributed by atoms with E-state index in [1.165, 1.54) is 12.2 Å². The van der Waals surface area contributed by atoms with Crippen LogP contribution in [0.2, 0.25) is 0 Å². The Hall–Kier alpha value is -0.710. The van der Waals surface area contributed by atoms with E-state index in [0.29, 0.717) is 6.61 Å². The summed E-state index contributed by atoms with van der Waals surface area (Å²) in [7, 11) is 0. The second kappa shape index (κ2) is 5.95. The van der Waals surface area contributed by atoms with Gasteiger partial charge < -0.3 is 14.6 Å². The molecule has 0 saturated carbocycles. The van der Waals surface area contributed by atoms with Gasteiger partial charge in [-0.1, -0.05) is 26.2 Å². The highest BCUT2D eigenvalue weighted by atomic mass is 16.7. The van der Waals surface area contributed by atoms with E-state index >= 15 is 0 Å². The van der Waals surface area contributed by atoms with Crippen LogP contribution in [0.3, 0.4) is 0 Å². The number of aliphatic hydroxyl groups excluding tert-OH is 1. The van der Waals surface area contributed by atoms with E-state index in [1.807, 2.05) is 0 Å². The highest BCUT2D eigenvalue weighted by Gasteiger charge is 2.51. The summed E-state index contributed by atoms with van der Waals surface area (Å²) in [4.78, 5) is 12.1. The van der Waals surface area contributed by atoms with Crippen LogP contribution in [-0.4, -0.2) is 29.6 Å². The topological polar surface area (TPSA) is 55.8 Å². The van der Waals surface area contributed by atoms with Gasteiger partial charge in [0.1, 0.15) is 0 Å². The number of rotatable bonds is 4. The maximum atomic E-state index is 12.1. The van der Waals surface area contributed by atoms with Crippen molar-refractivity contribution in [1.29, 1.82) is 0 Å². The molecule has 3 unspecified atom stereocenters. The average molecular weight is 254 g/mol. The van der Waals surface area contributed by atoms with Crippen LogP contribution in [0.15, 0.2) is 12.2 Å². The second-order valence-corrected chi connectivity index (χ2v) is 5.08. The molecule has 2 aliphatic rings. The molecule has 0 aromatic carbocycles. The fourth-order valence-electron chi connectivity index (χ4n) is 2.80. The summed E-state index contributed by atoms with van der Waals surface area (Å²) < 4.78 is 11.1. The smallest absolute Gasteiger partial charge is 0.238 e. The molecule has 2 rings (SSSR count). The van der Waals surface area contributed by atoms with Crippen LogP contribution in [0.1, 0.15) is 45.4 Å². The summed E-state index contributed by atoms with van der Waals surface area (Å²) in [6.07, 6.45) is 7.90. The average Bonchev–Trinajstić information content (AvgIpc) is 2.37. The molecule has 0 bridgehead atoms. The summed E-state index contributed by atoms with van der Waals surface area (Å²) >= 11 is 0. The van der Waals surface area contributed by atoms with Crippen LogP contribution in [0.5, 0.6) is 0 Å². The van der Waals surface area contributed by atoms with Gasteiger partial charge in [0.15, 0.2) is 6.29 Å². The summed E-state index contributed by atoms with van der Waals surface area (Å²) in [6.45, 7) is 2.68. The number of ketones is 1. The van der Waals surface area contributed by atoms with Crippen molar-refractivity contribution in [2.75, 3.05) is 6.61 Å². The lowest BCUT2D eigenvalue weighted by molar-refractivity contribution is -0.307. The van der Waals surface area contributed by atoms with Crippen LogP contribution in [0.4, 0.5) is 0 Å². The predicted molar refractivity (Wildman–Crippen MR) is 66.8 cm³/mol. The molecule has 1 fully saturated rings. The Bertz CT molecular complexity index is 326. The summed E-state index contributed by atoms with van der Waals surface area (Å²) in [5.74, 6) is -1.32. The molecule has 1 saturated heterocycles. The SMILES string of the molecule is CCCCCC1CCCOC12OC(O)C=CC2=O. The summed E-state index contributed by atoms with van der Waals surface area (Å²) in [5, 5.41) is 9.59. The first-order valence-electron chi connectivity index (χ1n) is 6.91. The third-order valence-corrected chi connectivity index (χ3v) is 3.76. The molecule has 1 N–H and O–H groups in total. The Morgan fingerprint density at radius 1 is 1.50 bits per heavy atom. The van der Waals surface area contributed by atoms with Crippen LogP contribution in [-0.2, 0) is 14.3 Å². The van der Waals surface area contributed by atoms with E-state index in [2.05, 4.69) is 6.92 Å². The molecular weight excluding hydrogens is 232 g/mol. The molecule has 1 spiro atoms. The summed E-state index contributed by atoms with van der Waals surface area (Å²) in [5.41, 5.74) is 0. The van der Waals surface area contributed by atoms with Crippen molar-refractivity contribution < 1.29 is 19.4 Å². The molecule has 0 aromatic rings. The van der Waals surface area contributed by atoms with Gasteiger partial charge in [-0.3, -0.25) is 4.79 Å². The van der Waals surface area contributed by atoms with Gasteiger partial charge in [0.25, 0.3) is 0 Å². The van der Waals surface area contributed by atoms with Gasteiger partial charge in [-0.25, -0.2) is 0 Å². The Balaban J connectivity index is 2.10. The lowest BCUT2D eigenvalue weighted by atomic mass is 9.83. The Morgan fingerprint density at radius 2 is 2.33 bits per heavy atom. The van der Waals surface area contributed by atoms with Crippen molar-refractivity contribution in [3.05, 3.63) is 12.2 Å². The van der Waals surface area contributed by atoms with Gasteiger partial charge in [0.05, 0.1) is 6.61 Å². The lowest BCUT2D eigenvalue weighted by Crippen LogP contribution is -2.56. The van der Waals surface area contributed by atoms with Crippen molar-refractivity contribution in [2.45, 2.75) is 57.5 Å². The molecule has 0 amide bonds. The molecule has 18 heavy (non-hydrogen) atoms. The Labute approximate surface area is 108 Å². The van der Waals surface area contributed by atoms with Gasteiger partial charge >= 0.3 is 0 Å². The van der Waals surface area contributed by atoms with E-state index < -0.39 is 12.1 Å². The quantitative estimate of drug-likeness (QED) is 0.781. The minimum Gasteiger partial charge on any atom is -0.365 e. The minimum atomic E-state index is -1.22. The van der Waals surface area contributed by atoms with Gasteiger partial charge in [0, 0.05) is 5.92 Å². The number of aliphatic hydroxyl groups is 1. The zero-order chi connectivity index (χ0) is 13.0. The van der Waals surface area contributed by atoms with Crippen molar-refractivity contribution in [2.24, 2.45) is 5.92 Å². The molecule has 2 aliphatic heterocycles. The molecule has 0 aliphatic carbocycles. The first kappa shape index (κ1) is 13.7. The maximum Gasteiger partial charge on any atom is 0.238 e. The van der Waals surface area contributed by atoms with Crippen molar-refractivity contribution in [3.8, 4) is 0 Å². The number of ether oxygens (including phenoxy) is 2. The Kier molecular flexibility index (Phi) is 4.54. The third kappa shape index (κ3) is 2.66. The van der Waals surface area contributed by atoms with Crippen molar-refractivity contribution in [1.82, 2.24) is 0 Å². The molecule has 3 atom stereocenters. The van der Waals surface area contributed by atoms with Crippen molar-refractivity contribution in [3.63, 3.8) is 0 Å². The number of unbranched alkanes of at least 4 members (excludes halogenated alkanes) is 2. The first-order chi connectivity index (χ1) is 8.69. The van der Waals surface area contributed by atoms with E-state index in [4.69, 9.17) is 9.47 Å². The van der Waals surface area contributed by atoms with Gasteiger partial charge in [-0.2, -0.15) is 0 Å². The molecule has 102 valence electrons. The maximum absolute atomic E-state index is 12.1. The molecule has 2 heterocycles. The van der Waals surface area contributed by atoms with Gasteiger partial charge in [-0.15, -0.1) is 0 Å². The van der Waals surface area contributed by atoms with E-state index in [1.54, 1.807) is 0 Å². The minimum absolute atomic E-state index is 0.0601. The zero-order valence-corrected chi connectivity index (χ0v) is 10.9. The fraction of sp³-hybridized carbons (Fsp3) is 0.786. The Morgan fingerprint density at radius 3 is 3.11 bits per heavy atom. The molecule has 0 aromatic heterocycles. The zero-order valence-electron chi connectivity index (χ0n) is 10.9. The molecule has 0 radical (unpaired) electrons. The number of carbonyl (C=O) groups is 1. The highest BCUT2D eigenvalue weighted by Crippen LogP contribution is 2.39. The monoisotopic (exact) mass is 254 g/mol. The largest absolute Gasteiger partial charge is 0.365 e. The van der Waals surface area contributed by atoms with Gasteiger partial charge in [0.2, 0.25) is 11.6 Å². The van der Waals surface area contributed by atoms with Crippen molar-refractivity contribution >= 4 is 5.78 Å². The van der Waals surface area contributed by atoms with E-state index in [9.17, 15) is 9.90 Å². The number of hydrogen-bond donors (Lipinski definition) is 1. The summed E-state index contributed by atoms with van der Waals surface area (Å²) in [6, 6.07) is 0. The second-order valence-electron chi connectivity index (χ2n) is 5.08. The highest BCUT2D eigenvalue weighted by molar-refractivity contribution is 5.97.